The standard InChI is InChI=1S/C19H16N4O5S/c1-12-5-7-14(8-6-12)22-18(26)16(10-17(24)25)29-19(22)21-20-11-13-3-2-4-15(9-13)23(27)28/h2-9,11,16H,10H2,1H3,(H,24,25)/b20-11-,21-19+/t16-/m0/s1. The minimum Gasteiger partial charge on any atom is -0.481 e. The third-order valence-electron chi connectivity index (χ3n) is 4.02. The van der Waals surface area contributed by atoms with Crippen LogP contribution >= 0.6 is 11.8 Å². The number of amidine groups is 1. The summed E-state index contributed by atoms with van der Waals surface area (Å²) in [6.45, 7) is 1.91. The lowest BCUT2D eigenvalue weighted by Gasteiger charge is -2.15. The van der Waals surface area contributed by atoms with Gasteiger partial charge in [-0.2, -0.15) is 5.10 Å². The van der Waals surface area contributed by atoms with Crippen LogP contribution in [0.2, 0.25) is 0 Å². The van der Waals surface area contributed by atoms with Crippen LogP contribution in [0.4, 0.5) is 11.4 Å². The molecule has 0 saturated carbocycles. The number of nitro benzene ring substituents is 1. The number of nitro groups is 1. The predicted octanol–water partition coefficient (Wildman–Crippen LogP) is 3.22. The van der Waals surface area contributed by atoms with E-state index in [4.69, 9.17) is 5.11 Å². The molecule has 0 aromatic heterocycles. The zero-order chi connectivity index (χ0) is 21.0. The molecular weight excluding hydrogens is 396 g/mol. The first-order valence-corrected chi connectivity index (χ1v) is 9.37. The number of benzene rings is 2. The summed E-state index contributed by atoms with van der Waals surface area (Å²) in [5.74, 6) is -1.47. The zero-order valence-electron chi connectivity index (χ0n) is 15.3. The Kier molecular flexibility index (Phi) is 6.03. The molecule has 29 heavy (non-hydrogen) atoms. The zero-order valence-corrected chi connectivity index (χ0v) is 16.1. The van der Waals surface area contributed by atoms with Crippen LogP contribution in [-0.4, -0.2) is 38.5 Å². The maximum atomic E-state index is 12.7. The number of carbonyl (C=O) groups excluding carboxylic acids is 1. The van der Waals surface area contributed by atoms with Crippen LogP contribution in [0.5, 0.6) is 0 Å². The monoisotopic (exact) mass is 412 g/mol. The Morgan fingerprint density at radius 2 is 2.03 bits per heavy atom. The number of carbonyl (C=O) groups is 2. The summed E-state index contributed by atoms with van der Waals surface area (Å²) in [5, 5.41) is 27.4. The molecule has 2 aromatic rings. The lowest BCUT2D eigenvalue weighted by Crippen LogP contribution is -2.32. The van der Waals surface area contributed by atoms with Crippen molar-refractivity contribution in [1.82, 2.24) is 0 Å². The minimum absolute atomic E-state index is 0.0742. The fourth-order valence-corrected chi connectivity index (χ4v) is 3.70. The molecule has 148 valence electrons. The van der Waals surface area contributed by atoms with Crippen molar-refractivity contribution in [3.05, 3.63) is 69.8 Å². The van der Waals surface area contributed by atoms with E-state index in [1.807, 2.05) is 19.1 Å². The molecule has 1 saturated heterocycles. The van der Waals surface area contributed by atoms with Crippen LogP contribution in [0.3, 0.4) is 0 Å². The summed E-state index contributed by atoms with van der Waals surface area (Å²) in [7, 11) is 0. The second kappa shape index (κ2) is 8.65. The molecule has 0 bridgehead atoms. The first kappa shape index (κ1) is 20.2. The second-order valence-electron chi connectivity index (χ2n) is 6.19. The Hall–Kier alpha value is -3.53. The third-order valence-corrected chi connectivity index (χ3v) is 5.15. The number of hydrogen-bond donors (Lipinski definition) is 1. The van der Waals surface area contributed by atoms with E-state index in [0.717, 1.165) is 17.3 Å². The second-order valence-corrected chi connectivity index (χ2v) is 7.36. The molecule has 0 radical (unpaired) electrons. The topological polar surface area (TPSA) is 125 Å². The Bertz CT molecular complexity index is 1020. The molecule has 2 aromatic carbocycles. The van der Waals surface area contributed by atoms with E-state index in [0.29, 0.717) is 11.3 Å². The fraction of sp³-hybridized carbons (Fsp3) is 0.158. The van der Waals surface area contributed by atoms with Crippen molar-refractivity contribution < 1.29 is 19.6 Å². The highest BCUT2D eigenvalue weighted by Crippen LogP contribution is 2.33. The van der Waals surface area contributed by atoms with Crippen molar-refractivity contribution in [2.75, 3.05) is 4.90 Å². The van der Waals surface area contributed by atoms with Gasteiger partial charge in [0.2, 0.25) is 5.91 Å². The average molecular weight is 412 g/mol. The Balaban J connectivity index is 1.90. The Morgan fingerprint density at radius 3 is 2.69 bits per heavy atom. The maximum absolute atomic E-state index is 12.7. The van der Waals surface area contributed by atoms with Crippen LogP contribution in [0.15, 0.2) is 58.7 Å². The number of carboxylic acids is 1. The molecule has 1 N–H and O–H groups in total. The lowest BCUT2D eigenvalue weighted by atomic mass is 10.2. The maximum Gasteiger partial charge on any atom is 0.305 e. The van der Waals surface area contributed by atoms with Gasteiger partial charge < -0.3 is 5.11 Å². The highest BCUT2D eigenvalue weighted by Gasteiger charge is 2.40. The van der Waals surface area contributed by atoms with Gasteiger partial charge in [0.1, 0.15) is 5.25 Å². The quantitative estimate of drug-likeness (QED) is 0.441. The molecule has 1 heterocycles. The SMILES string of the molecule is Cc1ccc(N2C(=O)[C@H](CC(=O)O)S/C2=N/N=C\c2cccc([N+](=O)[O-])c2)cc1. The number of amides is 1. The van der Waals surface area contributed by atoms with E-state index in [1.165, 1.54) is 29.3 Å². The number of nitrogens with zero attached hydrogens (tertiary/aromatic N) is 4. The number of aryl methyl sites for hydroxylation is 1. The molecular formula is C19H16N4O5S. The number of thioether (sulfide) groups is 1. The third kappa shape index (κ3) is 4.85. The molecule has 0 spiro atoms. The molecule has 1 atom stereocenters. The van der Waals surface area contributed by atoms with Crippen molar-refractivity contribution in [3.63, 3.8) is 0 Å². The summed E-state index contributed by atoms with van der Waals surface area (Å²) in [6, 6.07) is 13.0. The van der Waals surface area contributed by atoms with Gasteiger partial charge in [-0.1, -0.05) is 41.6 Å². The van der Waals surface area contributed by atoms with Crippen molar-refractivity contribution in [2.24, 2.45) is 10.2 Å². The van der Waals surface area contributed by atoms with Crippen molar-refractivity contribution in [1.29, 1.82) is 0 Å². The summed E-state index contributed by atoms with van der Waals surface area (Å²) < 4.78 is 0. The molecule has 9 nitrogen and oxygen atoms in total. The molecule has 1 amide bonds. The van der Waals surface area contributed by atoms with Gasteiger partial charge in [0.25, 0.3) is 5.69 Å². The number of aliphatic carboxylic acids is 1. The van der Waals surface area contributed by atoms with Crippen molar-refractivity contribution in [2.45, 2.75) is 18.6 Å². The number of rotatable bonds is 6. The molecule has 3 rings (SSSR count). The van der Waals surface area contributed by atoms with E-state index in [2.05, 4.69) is 10.2 Å². The van der Waals surface area contributed by atoms with E-state index >= 15 is 0 Å². The smallest absolute Gasteiger partial charge is 0.305 e. The highest BCUT2D eigenvalue weighted by atomic mass is 32.2. The van der Waals surface area contributed by atoms with E-state index < -0.39 is 16.1 Å². The molecule has 1 fully saturated rings. The number of carboxylic acid groups (broad SMARTS) is 1. The molecule has 10 heteroatoms. The van der Waals surface area contributed by atoms with E-state index in [9.17, 15) is 19.7 Å². The molecule has 1 aliphatic heterocycles. The fourth-order valence-electron chi connectivity index (χ4n) is 2.62. The van der Waals surface area contributed by atoms with Gasteiger partial charge in [-0.25, -0.2) is 0 Å². The molecule has 0 aliphatic carbocycles. The number of non-ortho nitro benzene ring substituents is 1. The summed E-state index contributed by atoms with van der Waals surface area (Å²) in [4.78, 5) is 35.5. The Labute approximate surface area is 169 Å². The van der Waals surface area contributed by atoms with Crippen molar-refractivity contribution >= 4 is 46.4 Å². The van der Waals surface area contributed by atoms with Gasteiger partial charge in [0.15, 0.2) is 5.17 Å². The predicted molar refractivity (Wildman–Crippen MR) is 110 cm³/mol. The first-order valence-electron chi connectivity index (χ1n) is 8.49. The summed E-state index contributed by atoms with van der Waals surface area (Å²) >= 11 is 1.02. The van der Waals surface area contributed by atoms with Gasteiger partial charge in [0.05, 0.1) is 23.2 Å². The summed E-state index contributed by atoms with van der Waals surface area (Å²) in [6.07, 6.45) is 1.00. The van der Waals surface area contributed by atoms with Crippen LogP contribution in [0, 0.1) is 17.0 Å². The van der Waals surface area contributed by atoms with Gasteiger partial charge in [0, 0.05) is 17.7 Å². The molecule has 1 aliphatic rings. The van der Waals surface area contributed by atoms with Crippen LogP contribution in [-0.2, 0) is 9.59 Å². The average Bonchev–Trinajstić information content (AvgIpc) is 2.97. The molecule has 0 unspecified atom stereocenters. The highest BCUT2D eigenvalue weighted by molar-refractivity contribution is 8.16. The lowest BCUT2D eigenvalue weighted by molar-refractivity contribution is -0.384. The van der Waals surface area contributed by atoms with Crippen LogP contribution in [0.1, 0.15) is 17.5 Å². The minimum atomic E-state index is -1.08. The van der Waals surface area contributed by atoms with Crippen LogP contribution in [0.25, 0.3) is 0 Å². The Morgan fingerprint density at radius 1 is 1.31 bits per heavy atom. The van der Waals surface area contributed by atoms with Gasteiger partial charge in [-0.05, 0) is 19.1 Å². The van der Waals surface area contributed by atoms with Crippen molar-refractivity contribution in [3.8, 4) is 0 Å². The summed E-state index contributed by atoms with van der Waals surface area (Å²) in [5.41, 5.74) is 1.97. The van der Waals surface area contributed by atoms with E-state index in [-0.39, 0.29) is 23.2 Å². The normalized spacial score (nSPS) is 18.0. The van der Waals surface area contributed by atoms with E-state index in [1.54, 1.807) is 18.2 Å². The van der Waals surface area contributed by atoms with Gasteiger partial charge in [-0.15, -0.1) is 5.10 Å². The van der Waals surface area contributed by atoms with Crippen LogP contribution < -0.4 is 4.90 Å². The largest absolute Gasteiger partial charge is 0.481 e. The van der Waals surface area contributed by atoms with Gasteiger partial charge in [-0.3, -0.25) is 24.6 Å². The number of hydrogen-bond acceptors (Lipinski definition) is 7. The number of anilines is 1. The first-order chi connectivity index (χ1) is 13.8. The van der Waals surface area contributed by atoms with Gasteiger partial charge >= 0.3 is 5.97 Å².